The summed E-state index contributed by atoms with van der Waals surface area (Å²) in [6.45, 7) is 13.6. The molecule has 0 saturated heterocycles. The van der Waals surface area contributed by atoms with Crippen molar-refractivity contribution >= 4 is 43.6 Å². The summed E-state index contributed by atoms with van der Waals surface area (Å²) in [6, 6.07) is 75.3. The Labute approximate surface area is 420 Å². The van der Waals surface area contributed by atoms with Crippen LogP contribution in [0.4, 0.5) is 0 Å². The third-order valence-corrected chi connectivity index (χ3v) is 14.1. The summed E-state index contributed by atoms with van der Waals surface area (Å²) in [5.41, 5.74) is 16.1. The molecule has 3 heterocycles. The van der Waals surface area contributed by atoms with Gasteiger partial charge in [0.25, 0.3) is 0 Å². The van der Waals surface area contributed by atoms with Crippen LogP contribution in [0.5, 0.6) is 0 Å². The molecule has 3 aromatic heterocycles. The van der Waals surface area contributed by atoms with Gasteiger partial charge in [-0.1, -0.05) is 175 Å². The number of nitrogens with zero attached hydrogens (tertiary/aromatic N) is 6. The molecule has 9 aromatic carbocycles. The standard InChI is InChI=1S/C66H52N6/c1-65(2,3)48-30-34-59-53(39-48)50-24-13-15-26-56(50)71(59)58-32-28-46(45-23-17-18-42(36-45)41-67)37-52(58)47-29-33-61(72-57-27-16-14-25-51(57)54-40-49(66(4,5)6)31-35-60(54)72)55(38-47)64-69-62(43-19-9-7-10-20-43)68-63(70-64)44-21-11-8-12-22-44/h7-40H,1-6H3. The van der Waals surface area contributed by atoms with Gasteiger partial charge in [-0.2, -0.15) is 5.26 Å². The number of benzene rings is 9. The van der Waals surface area contributed by atoms with E-state index in [2.05, 4.69) is 208 Å². The van der Waals surface area contributed by atoms with Crippen LogP contribution in [0.15, 0.2) is 206 Å². The Balaban J connectivity index is 1.19. The van der Waals surface area contributed by atoms with Crippen LogP contribution in [0.25, 0.3) is 111 Å². The molecule has 0 radical (unpaired) electrons. The second-order valence-electron chi connectivity index (χ2n) is 20.9. The fourth-order valence-electron chi connectivity index (χ4n) is 10.3. The lowest BCUT2D eigenvalue weighted by atomic mass is 9.86. The zero-order valence-corrected chi connectivity index (χ0v) is 41.3. The van der Waals surface area contributed by atoms with Gasteiger partial charge in [0.15, 0.2) is 17.5 Å². The monoisotopic (exact) mass is 928 g/mol. The van der Waals surface area contributed by atoms with Gasteiger partial charge < -0.3 is 9.13 Å². The van der Waals surface area contributed by atoms with Crippen molar-refractivity contribution in [3.05, 3.63) is 223 Å². The molecule has 0 atom stereocenters. The highest BCUT2D eigenvalue weighted by Crippen LogP contribution is 2.43. The summed E-state index contributed by atoms with van der Waals surface area (Å²) >= 11 is 0. The first kappa shape index (κ1) is 44.3. The van der Waals surface area contributed by atoms with E-state index in [-0.39, 0.29) is 10.8 Å². The van der Waals surface area contributed by atoms with Crippen LogP contribution in [0, 0.1) is 11.3 Å². The van der Waals surface area contributed by atoms with Crippen molar-refractivity contribution < 1.29 is 0 Å². The molecule has 0 saturated carbocycles. The van der Waals surface area contributed by atoms with Crippen molar-refractivity contribution in [1.29, 1.82) is 5.26 Å². The first-order chi connectivity index (χ1) is 34.9. The number of fused-ring (bicyclic) bond motifs is 6. The van der Waals surface area contributed by atoms with Gasteiger partial charge in [0.2, 0.25) is 0 Å². The first-order valence-corrected chi connectivity index (χ1v) is 24.7. The average Bonchev–Trinajstić information content (AvgIpc) is 3.92. The van der Waals surface area contributed by atoms with Crippen LogP contribution in [0.1, 0.15) is 58.2 Å². The van der Waals surface area contributed by atoms with E-state index in [1.807, 2.05) is 54.6 Å². The highest BCUT2D eigenvalue weighted by atomic mass is 15.1. The molecule has 0 aliphatic carbocycles. The van der Waals surface area contributed by atoms with Crippen LogP contribution >= 0.6 is 0 Å². The van der Waals surface area contributed by atoms with Crippen molar-refractivity contribution in [2.45, 2.75) is 52.4 Å². The van der Waals surface area contributed by atoms with Gasteiger partial charge >= 0.3 is 0 Å². The summed E-state index contributed by atoms with van der Waals surface area (Å²) in [5, 5.41) is 14.8. The van der Waals surface area contributed by atoms with E-state index >= 15 is 0 Å². The maximum absolute atomic E-state index is 10.0. The number of aromatic nitrogens is 5. The van der Waals surface area contributed by atoms with Gasteiger partial charge in [0.1, 0.15) is 0 Å². The molecule has 6 nitrogen and oxygen atoms in total. The molecule has 0 amide bonds. The van der Waals surface area contributed by atoms with E-state index in [4.69, 9.17) is 15.0 Å². The molecule has 6 heteroatoms. The summed E-state index contributed by atoms with van der Waals surface area (Å²) in [5.74, 6) is 1.74. The molecule has 0 bridgehead atoms. The van der Waals surface area contributed by atoms with Gasteiger partial charge in [-0.15, -0.1) is 0 Å². The lowest BCUT2D eigenvalue weighted by molar-refractivity contribution is 0.591. The van der Waals surface area contributed by atoms with E-state index in [0.717, 1.165) is 72.4 Å². The van der Waals surface area contributed by atoms with Crippen molar-refractivity contribution in [1.82, 2.24) is 24.1 Å². The van der Waals surface area contributed by atoms with E-state index in [0.29, 0.717) is 23.0 Å². The van der Waals surface area contributed by atoms with E-state index in [1.165, 1.54) is 32.7 Å². The van der Waals surface area contributed by atoms with E-state index < -0.39 is 0 Å². The number of rotatable bonds is 7. The van der Waals surface area contributed by atoms with Crippen molar-refractivity contribution in [2.75, 3.05) is 0 Å². The molecule has 72 heavy (non-hydrogen) atoms. The topological polar surface area (TPSA) is 72.3 Å². The predicted molar refractivity (Wildman–Crippen MR) is 298 cm³/mol. The smallest absolute Gasteiger partial charge is 0.166 e. The highest BCUT2D eigenvalue weighted by Gasteiger charge is 2.25. The minimum absolute atomic E-state index is 0.0264. The molecule has 0 unspecified atom stereocenters. The average molecular weight is 929 g/mol. The Morgan fingerprint density at radius 1 is 0.347 bits per heavy atom. The zero-order chi connectivity index (χ0) is 49.3. The SMILES string of the molecule is CC(C)(C)c1ccc2c(c1)c1ccccc1n2-c1ccc(-c2cccc(C#N)c2)cc1-c1ccc(-n2c3ccccc3c3cc(C(C)(C)C)ccc32)c(-c2nc(-c3ccccc3)nc(-c3ccccc3)n2)c1. The molecule has 12 rings (SSSR count). The second kappa shape index (κ2) is 17.2. The van der Waals surface area contributed by atoms with Gasteiger partial charge in [0.05, 0.1) is 45.1 Å². The molecule has 0 fully saturated rings. The Morgan fingerprint density at radius 2 is 0.778 bits per heavy atom. The summed E-state index contributed by atoms with van der Waals surface area (Å²) in [6.07, 6.45) is 0. The molecule has 346 valence electrons. The van der Waals surface area contributed by atoms with Crippen LogP contribution in [0.2, 0.25) is 0 Å². The quantitative estimate of drug-likeness (QED) is 0.160. The van der Waals surface area contributed by atoms with Gasteiger partial charge in [-0.25, -0.2) is 15.0 Å². The van der Waals surface area contributed by atoms with E-state index in [9.17, 15) is 5.26 Å². The third kappa shape index (κ3) is 7.71. The summed E-state index contributed by atoms with van der Waals surface area (Å²) in [4.78, 5) is 15.9. The maximum Gasteiger partial charge on any atom is 0.166 e. The van der Waals surface area contributed by atoms with Crippen LogP contribution in [-0.4, -0.2) is 24.1 Å². The van der Waals surface area contributed by atoms with Crippen LogP contribution < -0.4 is 0 Å². The van der Waals surface area contributed by atoms with Crippen LogP contribution in [-0.2, 0) is 10.8 Å². The Hall–Kier alpha value is -8.92. The lowest BCUT2D eigenvalue weighted by Crippen LogP contribution is -2.10. The number of hydrogen-bond acceptors (Lipinski definition) is 4. The van der Waals surface area contributed by atoms with Crippen LogP contribution in [0.3, 0.4) is 0 Å². The number of hydrogen-bond donors (Lipinski definition) is 0. The van der Waals surface area contributed by atoms with E-state index in [1.54, 1.807) is 0 Å². The fraction of sp³-hybridized carbons (Fsp3) is 0.121. The molecule has 12 aromatic rings. The minimum atomic E-state index is -0.0375. The normalized spacial score (nSPS) is 12.0. The fourth-order valence-corrected chi connectivity index (χ4v) is 10.3. The Morgan fingerprint density at radius 3 is 1.31 bits per heavy atom. The summed E-state index contributed by atoms with van der Waals surface area (Å²) in [7, 11) is 0. The van der Waals surface area contributed by atoms with Crippen molar-refractivity contribution in [3.63, 3.8) is 0 Å². The number of nitriles is 1. The molecule has 0 aliphatic rings. The zero-order valence-electron chi connectivity index (χ0n) is 41.3. The molecule has 0 aliphatic heterocycles. The maximum atomic E-state index is 10.0. The molecule has 0 N–H and O–H groups in total. The lowest BCUT2D eigenvalue weighted by Gasteiger charge is -2.21. The largest absolute Gasteiger partial charge is 0.309 e. The predicted octanol–water partition coefficient (Wildman–Crippen LogP) is 16.9. The van der Waals surface area contributed by atoms with Gasteiger partial charge in [0, 0.05) is 43.8 Å². The third-order valence-electron chi connectivity index (χ3n) is 14.1. The highest BCUT2D eigenvalue weighted by molar-refractivity contribution is 6.11. The second-order valence-corrected chi connectivity index (χ2v) is 20.9. The Kier molecular flexibility index (Phi) is 10.6. The van der Waals surface area contributed by atoms with Crippen molar-refractivity contribution in [3.8, 4) is 73.9 Å². The van der Waals surface area contributed by atoms with Crippen molar-refractivity contribution in [2.24, 2.45) is 0 Å². The minimum Gasteiger partial charge on any atom is -0.309 e. The number of para-hydroxylation sites is 2. The first-order valence-electron chi connectivity index (χ1n) is 24.7. The van der Waals surface area contributed by atoms with Gasteiger partial charge in [-0.3, -0.25) is 0 Å². The summed E-state index contributed by atoms with van der Waals surface area (Å²) < 4.78 is 4.80. The van der Waals surface area contributed by atoms with Gasteiger partial charge in [-0.05, 0) is 111 Å². The molecular formula is C66H52N6. The Bertz CT molecular complexity index is 4060. The molecule has 0 spiro atoms. The molecular weight excluding hydrogens is 877 g/mol.